The minimum atomic E-state index is -0.0769. The molecular formula is C21H32N4O2. The molecule has 1 N–H and O–H groups in total. The van der Waals surface area contributed by atoms with Crippen LogP contribution < -0.4 is 5.32 Å². The molecule has 0 bridgehead atoms. The second-order valence-corrected chi connectivity index (χ2v) is 7.96. The fourth-order valence-electron chi connectivity index (χ4n) is 3.89. The number of nitrogens with zero attached hydrogens (tertiary/aromatic N) is 3. The topological polar surface area (TPSA) is 55.9 Å². The van der Waals surface area contributed by atoms with Crippen molar-refractivity contribution in [2.24, 2.45) is 5.92 Å². The van der Waals surface area contributed by atoms with Gasteiger partial charge in [-0.2, -0.15) is 0 Å². The Morgan fingerprint density at radius 3 is 2.74 bits per heavy atom. The summed E-state index contributed by atoms with van der Waals surface area (Å²) in [6.45, 7) is 5.62. The van der Waals surface area contributed by atoms with Crippen LogP contribution in [0.3, 0.4) is 0 Å². The highest BCUT2D eigenvalue weighted by Gasteiger charge is 2.30. The Morgan fingerprint density at radius 1 is 1.19 bits per heavy atom. The number of fused-ring (bicyclic) bond motifs is 1. The summed E-state index contributed by atoms with van der Waals surface area (Å²) in [6, 6.07) is 8.60. The summed E-state index contributed by atoms with van der Waals surface area (Å²) in [6.07, 6.45) is 2.23. The number of benzene rings is 1. The molecule has 148 valence electrons. The summed E-state index contributed by atoms with van der Waals surface area (Å²) in [5.74, 6) is 0.189. The maximum absolute atomic E-state index is 12.6. The van der Waals surface area contributed by atoms with Crippen LogP contribution in [0.15, 0.2) is 24.3 Å². The van der Waals surface area contributed by atoms with Gasteiger partial charge < -0.3 is 15.1 Å². The van der Waals surface area contributed by atoms with Gasteiger partial charge in [-0.3, -0.25) is 14.5 Å². The Morgan fingerprint density at radius 2 is 1.96 bits per heavy atom. The zero-order chi connectivity index (χ0) is 19.2. The highest BCUT2D eigenvalue weighted by molar-refractivity contribution is 5.83. The number of likely N-dealkylation sites (tertiary alicyclic amines) is 1. The number of carbonyl (C=O) groups is 2. The molecule has 0 saturated carbocycles. The quantitative estimate of drug-likeness (QED) is 0.775. The number of carbonyl (C=O) groups excluding carboxylic acids is 2. The average molecular weight is 373 g/mol. The summed E-state index contributed by atoms with van der Waals surface area (Å²) in [5.41, 5.74) is 2.85. The Kier molecular flexibility index (Phi) is 6.85. The van der Waals surface area contributed by atoms with Crippen molar-refractivity contribution in [1.82, 2.24) is 20.0 Å². The predicted molar refractivity (Wildman–Crippen MR) is 106 cm³/mol. The first-order valence-electron chi connectivity index (χ1n) is 10.0. The van der Waals surface area contributed by atoms with Crippen molar-refractivity contribution in [1.29, 1.82) is 0 Å². The molecule has 0 radical (unpaired) electrons. The second-order valence-electron chi connectivity index (χ2n) is 7.96. The van der Waals surface area contributed by atoms with Crippen LogP contribution in [0.2, 0.25) is 0 Å². The molecule has 0 aliphatic carbocycles. The molecule has 0 spiro atoms. The molecule has 2 aliphatic heterocycles. The van der Waals surface area contributed by atoms with Crippen molar-refractivity contribution in [2.75, 3.05) is 53.4 Å². The lowest BCUT2D eigenvalue weighted by atomic mass is 9.96. The van der Waals surface area contributed by atoms with Crippen molar-refractivity contribution < 1.29 is 9.59 Å². The minimum Gasteiger partial charge on any atom is -0.355 e. The largest absolute Gasteiger partial charge is 0.355 e. The van der Waals surface area contributed by atoms with E-state index in [0.717, 1.165) is 32.6 Å². The summed E-state index contributed by atoms with van der Waals surface area (Å²) in [5, 5.41) is 3.09. The molecule has 27 heavy (non-hydrogen) atoms. The van der Waals surface area contributed by atoms with E-state index in [1.165, 1.54) is 11.1 Å². The third-order valence-corrected chi connectivity index (χ3v) is 5.63. The lowest BCUT2D eigenvalue weighted by Gasteiger charge is -2.33. The SMILES string of the molecule is CN(C)CCN1C[C@@H](C(=O)NCCN2CCc3ccccc3C2)CCC1=O. The Labute approximate surface area is 162 Å². The van der Waals surface area contributed by atoms with Crippen LogP contribution in [-0.2, 0) is 22.6 Å². The zero-order valence-electron chi connectivity index (χ0n) is 16.6. The fraction of sp³-hybridized carbons (Fsp3) is 0.619. The van der Waals surface area contributed by atoms with E-state index in [1.54, 1.807) is 0 Å². The van der Waals surface area contributed by atoms with Crippen LogP contribution in [0.4, 0.5) is 0 Å². The predicted octanol–water partition coefficient (Wildman–Crippen LogP) is 0.961. The van der Waals surface area contributed by atoms with Crippen LogP contribution >= 0.6 is 0 Å². The molecule has 0 unspecified atom stereocenters. The second kappa shape index (κ2) is 9.33. The van der Waals surface area contributed by atoms with Crippen molar-refractivity contribution in [3.05, 3.63) is 35.4 Å². The van der Waals surface area contributed by atoms with Crippen LogP contribution in [0.1, 0.15) is 24.0 Å². The lowest BCUT2D eigenvalue weighted by Crippen LogP contribution is -2.48. The molecule has 3 rings (SSSR count). The molecule has 0 aromatic heterocycles. The summed E-state index contributed by atoms with van der Waals surface area (Å²) in [7, 11) is 4.00. The molecule has 1 atom stereocenters. The fourth-order valence-corrected chi connectivity index (χ4v) is 3.89. The van der Waals surface area contributed by atoms with Gasteiger partial charge in [0.15, 0.2) is 0 Å². The maximum Gasteiger partial charge on any atom is 0.224 e. The van der Waals surface area contributed by atoms with Gasteiger partial charge in [-0.15, -0.1) is 0 Å². The van der Waals surface area contributed by atoms with E-state index >= 15 is 0 Å². The first kappa shape index (κ1) is 19.8. The molecule has 2 aliphatic rings. The van der Waals surface area contributed by atoms with Crippen LogP contribution in [0.5, 0.6) is 0 Å². The molecule has 1 fully saturated rings. The van der Waals surface area contributed by atoms with Crippen molar-refractivity contribution in [3.63, 3.8) is 0 Å². The van der Waals surface area contributed by atoms with E-state index in [9.17, 15) is 9.59 Å². The number of rotatable bonds is 7. The molecular weight excluding hydrogens is 340 g/mol. The van der Waals surface area contributed by atoms with Gasteiger partial charge >= 0.3 is 0 Å². The van der Waals surface area contributed by atoms with Gasteiger partial charge in [-0.05, 0) is 38.1 Å². The molecule has 1 aromatic rings. The van der Waals surface area contributed by atoms with Gasteiger partial charge in [-0.25, -0.2) is 0 Å². The van der Waals surface area contributed by atoms with E-state index in [-0.39, 0.29) is 17.7 Å². The first-order chi connectivity index (χ1) is 13.0. The van der Waals surface area contributed by atoms with E-state index in [2.05, 4.69) is 39.4 Å². The van der Waals surface area contributed by atoms with Crippen molar-refractivity contribution >= 4 is 11.8 Å². The number of likely N-dealkylation sites (N-methyl/N-ethyl adjacent to an activating group) is 1. The van der Waals surface area contributed by atoms with E-state index in [4.69, 9.17) is 0 Å². The number of piperidine rings is 1. The van der Waals surface area contributed by atoms with Gasteiger partial charge in [0.05, 0.1) is 5.92 Å². The smallest absolute Gasteiger partial charge is 0.224 e. The normalized spacial score (nSPS) is 20.6. The highest BCUT2D eigenvalue weighted by Crippen LogP contribution is 2.19. The lowest BCUT2D eigenvalue weighted by molar-refractivity contribution is -0.138. The average Bonchev–Trinajstić information content (AvgIpc) is 2.67. The van der Waals surface area contributed by atoms with Crippen LogP contribution in [-0.4, -0.2) is 79.9 Å². The molecule has 2 heterocycles. The van der Waals surface area contributed by atoms with Crippen molar-refractivity contribution in [3.8, 4) is 0 Å². The number of amides is 2. The third-order valence-electron chi connectivity index (χ3n) is 5.63. The maximum atomic E-state index is 12.6. The summed E-state index contributed by atoms with van der Waals surface area (Å²) >= 11 is 0. The molecule has 1 saturated heterocycles. The monoisotopic (exact) mass is 372 g/mol. The zero-order valence-corrected chi connectivity index (χ0v) is 16.6. The standard InChI is InChI=1S/C21H32N4O2/c1-23(2)13-14-25-16-19(7-8-20(25)26)21(27)22-10-12-24-11-9-17-5-3-4-6-18(17)15-24/h3-6,19H,7-16H2,1-2H3,(H,22,27)/t19-/m0/s1. The Hall–Kier alpha value is -1.92. The molecule has 6 heteroatoms. The highest BCUT2D eigenvalue weighted by atomic mass is 16.2. The number of hydrogen-bond acceptors (Lipinski definition) is 4. The van der Waals surface area contributed by atoms with Gasteiger partial charge in [-0.1, -0.05) is 24.3 Å². The Balaban J connectivity index is 1.41. The van der Waals surface area contributed by atoms with Crippen molar-refractivity contribution in [2.45, 2.75) is 25.8 Å². The molecule has 1 aromatic carbocycles. The van der Waals surface area contributed by atoms with Gasteiger partial charge in [0.25, 0.3) is 0 Å². The van der Waals surface area contributed by atoms with E-state index in [1.807, 2.05) is 19.0 Å². The van der Waals surface area contributed by atoms with Crippen LogP contribution in [0, 0.1) is 5.92 Å². The Bertz CT molecular complexity index is 661. The third kappa shape index (κ3) is 5.53. The summed E-state index contributed by atoms with van der Waals surface area (Å²) in [4.78, 5) is 30.9. The van der Waals surface area contributed by atoms with Gasteiger partial charge in [0, 0.05) is 52.2 Å². The number of hydrogen-bond donors (Lipinski definition) is 1. The van der Waals surface area contributed by atoms with E-state index < -0.39 is 0 Å². The van der Waals surface area contributed by atoms with Gasteiger partial charge in [0.1, 0.15) is 0 Å². The minimum absolute atomic E-state index is 0.0769. The number of nitrogens with one attached hydrogen (secondary N) is 1. The van der Waals surface area contributed by atoms with Gasteiger partial charge in [0.2, 0.25) is 11.8 Å². The van der Waals surface area contributed by atoms with E-state index in [0.29, 0.717) is 32.5 Å². The van der Waals surface area contributed by atoms with Crippen LogP contribution in [0.25, 0.3) is 0 Å². The first-order valence-corrected chi connectivity index (χ1v) is 10.0. The molecule has 6 nitrogen and oxygen atoms in total. The summed E-state index contributed by atoms with van der Waals surface area (Å²) < 4.78 is 0. The molecule has 2 amide bonds.